The third-order valence-electron chi connectivity index (χ3n) is 6.63. The molecule has 0 saturated carbocycles. The Morgan fingerprint density at radius 2 is 2.08 bits per heavy atom. The van der Waals surface area contributed by atoms with Crippen LogP contribution >= 0.6 is 22.9 Å². The van der Waals surface area contributed by atoms with Crippen molar-refractivity contribution >= 4 is 40.6 Å². The summed E-state index contributed by atoms with van der Waals surface area (Å²) in [6, 6.07) is 12.4. The van der Waals surface area contributed by atoms with Crippen LogP contribution in [-0.2, 0) is 17.3 Å². The van der Waals surface area contributed by atoms with Gasteiger partial charge in [-0.05, 0) is 36.8 Å². The van der Waals surface area contributed by atoms with Gasteiger partial charge in [0.25, 0.3) is 5.91 Å². The van der Waals surface area contributed by atoms with Gasteiger partial charge in [-0.1, -0.05) is 23.7 Å². The summed E-state index contributed by atoms with van der Waals surface area (Å²) in [5, 5.41) is 18.3. The number of halogens is 1. The van der Waals surface area contributed by atoms with Crippen molar-refractivity contribution in [3.63, 3.8) is 0 Å². The second kappa shape index (κ2) is 8.67. The molecular formula is C25H23ClN6O3S. The van der Waals surface area contributed by atoms with Gasteiger partial charge in [-0.15, -0.1) is 11.3 Å². The molecular weight excluding hydrogens is 500 g/mol. The van der Waals surface area contributed by atoms with Crippen LogP contribution in [0.4, 0.5) is 11.8 Å². The standard InChI is InChI=1S/C25H23ClN6O3S/c1-14-8-18(29-24(28-14)30-21-6-7-27-31(21)2)20-10-17-22(36-20)25(12-35-13-25)32(23(17)34)19(11-33)15-4-3-5-16(26)9-15/h3-10,19,33H,11-13H2,1-2H3,(H,28,29,30). The molecule has 1 amide bonds. The molecule has 1 atom stereocenters. The number of anilines is 2. The van der Waals surface area contributed by atoms with E-state index < -0.39 is 11.6 Å². The zero-order valence-corrected chi connectivity index (χ0v) is 21.2. The Bertz CT molecular complexity index is 1480. The van der Waals surface area contributed by atoms with E-state index in [9.17, 15) is 9.90 Å². The first-order chi connectivity index (χ1) is 17.4. The number of nitrogens with zero attached hydrogens (tertiary/aromatic N) is 5. The maximum atomic E-state index is 13.8. The highest BCUT2D eigenvalue weighted by atomic mass is 35.5. The number of hydrogen-bond donors (Lipinski definition) is 2. The zero-order valence-electron chi connectivity index (χ0n) is 19.6. The number of rotatable bonds is 6. The van der Waals surface area contributed by atoms with Gasteiger partial charge >= 0.3 is 0 Å². The number of amides is 1. The second-order valence-electron chi connectivity index (χ2n) is 8.99. The molecule has 184 valence electrons. The van der Waals surface area contributed by atoms with Crippen molar-refractivity contribution in [1.29, 1.82) is 0 Å². The van der Waals surface area contributed by atoms with E-state index in [0.29, 0.717) is 29.7 Å². The number of ether oxygens (including phenoxy) is 1. The predicted octanol–water partition coefficient (Wildman–Crippen LogP) is 4.06. The lowest BCUT2D eigenvalue weighted by Gasteiger charge is -2.48. The molecule has 6 rings (SSSR count). The lowest BCUT2D eigenvalue weighted by molar-refractivity contribution is -0.139. The van der Waals surface area contributed by atoms with Crippen molar-refractivity contribution in [2.45, 2.75) is 18.5 Å². The van der Waals surface area contributed by atoms with E-state index in [1.54, 1.807) is 27.9 Å². The molecule has 2 N–H and O–H groups in total. The Labute approximate surface area is 216 Å². The number of benzene rings is 1. The number of carbonyl (C=O) groups excluding carboxylic acids is 1. The maximum Gasteiger partial charge on any atom is 0.256 e. The quantitative estimate of drug-likeness (QED) is 0.393. The molecule has 36 heavy (non-hydrogen) atoms. The molecule has 5 heterocycles. The van der Waals surface area contributed by atoms with Crippen LogP contribution in [0, 0.1) is 6.92 Å². The van der Waals surface area contributed by atoms with E-state index in [2.05, 4.69) is 15.4 Å². The second-order valence-corrected chi connectivity index (χ2v) is 10.5. The van der Waals surface area contributed by atoms with Gasteiger partial charge in [0, 0.05) is 28.7 Å². The predicted molar refractivity (Wildman–Crippen MR) is 137 cm³/mol. The molecule has 1 aromatic carbocycles. The summed E-state index contributed by atoms with van der Waals surface area (Å²) < 4.78 is 7.34. The Kier molecular flexibility index (Phi) is 5.56. The van der Waals surface area contributed by atoms with Gasteiger partial charge in [-0.25, -0.2) is 9.97 Å². The van der Waals surface area contributed by atoms with Gasteiger partial charge in [0.05, 0.1) is 48.2 Å². The SMILES string of the molecule is Cc1cc(-c2cc3c(s2)C2(COC2)N(C(CO)c2cccc(Cl)c2)C3=O)nc(Nc2ccnn2C)n1. The number of thiophene rings is 1. The molecule has 2 aliphatic heterocycles. The largest absolute Gasteiger partial charge is 0.394 e. The lowest BCUT2D eigenvalue weighted by Crippen LogP contribution is -2.58. The van der Waals surface area contributed by atoms with Gasteiger partial charge in [-0.3, -0.25) is 9.48 Å². The van der Waals surface area contributed by atoms with Crippen LogP contribution in [0.15, 0.2) is 48.7 Å². The maximum absolute atomic E-state index is 13.8. The minimum absolute atomic E-state index is 0.131. The van der Waals surface area contributed by atoms with Crippen molar-refractivity contribution in [3.05, 3.63) is 75.4 Å². The Morgan fingerprint density at radius 3 is 2.75 bits per heavy atom. The molecule has 3 aromatic heterocycles. The summed E-state index contributed by atoms with van der Waals surface area (Å²) in [4.78, 5) is 26.6. The molecule has 1 fully saturated rings. The summed E-state index contributed by atoms with van der Waals surface area (Å²) in [6.45, 7) is 2.44. The van der Waals surface area contributed by atoms with Crippen molar-refractivity contribution in [2.75, 3.05) is 25.1 Å². The van der Waals surface area contributed by atoms with Crippen LogP contribution in [0.3, 0.4) is 0 Å². The summed E-state index contributed by atoms with van der Waals surface area (Å²) in [7, 11) is 1.84. The van der Waals surface area contributed by atoms with Crippen LogP contribution in [-0.4, -0.2) is 55.5 Å². The van der Waals surface area contributed by atoms with E-state index >= 15 is 0 Å². The van der Waals surface area contributed by atoms with E-state index in [0.717, 1.165) is 32.5 Å². The number of aryl methyl sites for hydroxylation is 2. The Balaban J connectivity index is 1.37. The average molecular weight is 523 g/mol. The molecule has 11 heteroatoms. The minimum atomic E-state index is -0.622. The first-order valence-electron chi connectivity index (χ1n) is 11.4. The number of carbonyl (C=O) groups is 1. The highest BCUT2D eigenvalue weighted by Gasteiger charge is 2.58. The van der Waals surface area contributed by atoms with Crippen molar-refractivity contribution in [2.24, 2.45) is 7.05 Å². The van der Waals surface area contributed by atoms with Crippen molar-refractivity contribution < 1.29 is 14.6 Å². The number of aliphatic hydroxyl groups is 1. The van der Waals surface area contributed by atoms with Gasteiger partial charge in [-0.2, -0.15) is 5.10 Å². The zero-order chi connectivity index (χ0) is 25.0. The first kappa shape index (κ1) is 23.1. The van der Waals surface area contributed by atoms with Crippen LogP contribution in [0.5, 0.6) is 0 Å². The average Bonchev–Trinajstić information content (AvgIpc) is 3.49. The molecule has 0 aliphatic carbocycles. The van der Waals surface area contributed by atoms with Gasteiger partial charge in [0.1, 0.15) is 11.4 Å². The van der Waals surface area contributed by atoms with E-state index in [1.807, 2.05) is 44.3 Å². The van der Waals surface area contributed by atoms with Crippen LogP contribution in [0.25, 0.3) is 10.6 Å². The number of nitrogens with one attached hydrogen (secondary N) is 1. The highest BCUT2D eigenvalue weighted by molar-refractivity contribution is 7.16. The summed E-state index contributed by atoms with van der Waals surface area (Å²) in [5.41, 5.74) is 2.32. The summed E-state index contributed by atoms with van der Waals surface area (Å²) >= 11 is 7.75. The molecule has 1 saturated heterocycles. The molecule has 0 bridgehead atoms. The fraction of sp³-hybridized carbons (Fsp3) is 0.280. The Hall–Kier alpha value is -3.31. The minimum Gasteiger partial charge on any atom is -0.394 e. The van der Waals surface area contributed by atoms with E-state index in [4.69, 9.17) is 21.3 Å². The van der Waals surface area contributed by atoms with Crippen LogP contribution in [0.1, 0.15) is 32.5 Å². The summed E-state index contributed by atoms with van der Waals surface area (Å²) in [5.74, 6) is 1.10. The van der Waals surface area contributed by atoms with E-state index in [1.165, 1.54) is 11.3 Å². The first-order valence-corrected chi connectivity index (χ1v) is 12.6. The molecule has 0 radical (unpaired) electrons. The normalized spacial score (nSPS) is 16.8. The fourth-order valence-corrected chi connectivity index (χ4v) is 6.34. The molecule has 1 spiro atoms. The number of fused-ring (bicyclic) bond motifs is 2. The van der Waals surface area contributed by atoms with Gasteiger partial charge < -0.3 is 20.1 Å². The third-order valence-corrected chi connectivity index (χ3v) is 8.22. The highest BCUT2D eigenvalue weighted by Crippen LogP contribution is 2.53. The third kappa shape index (κ3) is 3.60. The molecule has 9 nitrogen and oxygen atoms in total. The number of aromatic nitrogens is 4. The van der Waals surface area contributed by atoms with Crippen molar-refractivity contribution in [1.82, 2.24) is 24.6 Å². The smallest absolute Gasteiger partial charge is 0.256 e. The summed E-state index contributed by atoms with van der Waals surface area (Å²) in [6.07, 6.45) is 1.70. The van der Waals surface area contributed by atoms with Gasteiger partial charge in [0.2, 0.25) is 5.95 Å². The Morgan fingerprint density at radius 1 is 1.25 bits per heavy atom. The van der Waals surface area contributed by atoms with E-state index in [-0.39, 0.29) is 12.5 Å². The lowest BCUT2D eigenvalue weighted by atomic mass is 9.92. The van der Waals surface area contributed by atoms with Crippen molar-refractivity contribution in [3.8, 4) is 10.6 Å². The molecule has 2 aliphatic rings. The monoisotopic (exact) mass is 522 g/mol. The molecule has 1 unspecified atom stereocenters. The van der Waals surface area contributed by atoms with Crippen LogP contribution < -0.4 is 5.32 Å². The fourth-order valence-electron chi connectivity index (χ4n) is 4.87. The number of hydrogen-bond acceptors (Lipinski definition) is 8. The van der Waals surface area contributed by atoms with Gasteiger partial charge in [0.15, 0.2) is 0 Å². The molecule has 4 aromatic rings. The van der Waals surface area contributed by atoms with Crippen LogP contribution in [0.2, 0.25) is 5.02 Å². The number of aliphatic hydroxyl groups excluding tert-OH is 1. The topological polar surface area (TPSA) is 105 Å².